The highest BCUT2D eigenvalue weighted by molar-refractivity contribution is 5.95. The summed E-state index contributed by atoms with van der Waals surface area (Å²) in [7, 11) is 1.29. The Morgan fingerprint density at radius 3 is 2.41 bits per heavy atom. The van der Waals surface area contributed by atoms with Gasteiger partial charge in [0, 0.05) is 17.1 Å². The Morgan fingerprint density at radius 1 is 1.00 bits per heavy atom. The highest BCUT2D eigenvalue weighted by Gasteiger charge is 2.14. The molecular formula is C21H20N2O4. The van der Waals surface area contributed by atoms with Crippen molar-refractivity contribution < 1.29 is 19.1 Å². The summed E-state index contributed by atoms with van der Waals surface area (Å²) < 4.78 is 10.4. The van der Waals surface area contributed by atoms with Gasteiger partial charge in [-0.25, -0.2) is 9.78 Å². The largest absolute Gasteiger partial charge is 0.483 e. The number of methoxy groups -OCH3 is 1. The van der Waals surface area contributed by atoms with E-state index in [-0.39, 0.29) is 18.2 Å². The van der Waals surface area contributed by atoms with Crippen molar-refractivity contribution in [3.8, 4) is 5.75 Å². The molecule has 27 heavy (non-hydrogen) atoms. The number of nitrogens with zero attached hydrogens (tertiary/aromatic N) is 1. The van der Waals surface area contributed by atoms with E-state index in [0.29, 0.717) is 17.0 Å². The second kappa shape index (κ2) is 7.86. The quantitative estimate of drug-likeness (QED) is 0.699. The number of aromatic nitrogens is 1. The summed E-state index contributed by atoms with van der Waals surface area (Å²) in [5, 5.41) is 3.50. The van der Waals surface area contributed by atoms with Crippen molar-refractivity contribution in [3.05, 3.63) is 65.4 Å². The molecule has 0 spiro atoms. The molecule has 0 aliphatic heterocycles. The van der Waals surface area contributed by atoms with Gasteiger partial charge in [-0.3, -0.25) is 4.79 Å². The second-order valence-electron chi connectivity index (χ2n) is 6.22. The summed E-state index contributed by atoms with van der Waals surface area (Å²) in [6, 6.07) is 14.6. The lowest BCUT2D eigenvalue weighted by Crippen LogP contribution is -2.20. The molecule has 0 saturated heterocycles. The van der Waals surface area contributed by atoms with Crippen molar-refractivity contribution in [2.24, 2.45) is 0 Å². The third kappa shape index (κ3) is 4.41. The van der Waals surface area contributed by atoms with Crippen LogP contribution in [0.3, 0.4) is 0 Å². The summed E-state index contributed by atoms with van der Waals surface area (Å²) >= 11 is 0. The molecule has 1 aromatic heterocycles. The molecular weight excluding hydrogens is 344 g/mol. The van der Waals surface area contributed by atoms with Gasteiger partial charge in [0.05, 0.1) is 12.6 Å². The number of hydrogen-bond donors (Lipinski definition) is 1. The van der Waals surface area contributed by atoms with Gasteiger partial charge in [0.25, 0.3) is 5.91 Å². The molecule has 6 nitrogen and oxygen atoms in total. The molecule has 3 rings (SSSR count). The van der Waals surface area contributed by atoms with Gasteiger partial charge in [0.2, 0.25) is 0 Å². The number of rotatable bonds is 5. The Balaban J connectivity index is 1.82. The van der Waals surface area contributed by atoms with Crippen molar-refractivity contribution in [1.82, 2.24) is 4.98 Å². The molecule has 1 heterocycles. The smallest absolute Gasteiger partial charge is 0.356 e. The van der Waals surface area contributed by atoms with E-state index in [9.17, 15) is 9.59 Å². The molecule has 0 bridgehead atoms. The summed E-state index contributed by atoms with van der Waals surface area (Å²) in [4.78, 5) is 28.4. The maximum absolute atomic E-state index is 12.2. The van der Waals surface area contributed by atoms with E-state index >= 15 is 0 Å². The molecule has 0 aliphatic carbocycles. The van der Waals surface area contributed by atoms with E-state index in [0.717, 1.165) is 16.5 Å². The Bertz CT molecular complexity index is 997. The molecule has 138 valence electrons. The molecule has 3 aromatic rings. The summed E-state index contributed by atoms with van der Waals surface area (Å²) in [6.07, 6.45) is 0. The third-order valence-electron chi connectivity index (χ3n) is 4.01. The molecule has 1 amide bonds. The van der Waals surface area contributed by atoms with Crippen LogP contribution in [-0.4, -0.2) is 30.6 Å². The van der Waals surface area contributed by atoms with E-state index in [1.54, 1.807) is 6.07 Å². The number of ether oxygens (including phenoxy) is 2. The molecule has 1 N–H and O–H groups in total. The lowest BCUT2D eigenvalue weighted by Gasteiger charge is -2.12. The van der Waals surface area contributed by atoms with E-state index in [1.807, 2.05) is 50.2 Å². The number of carbonyl (C=O) groups is 2. The summed E-state index contributed by atoms with van der Waals surface area (Å²) in [5.74, 6) is -0.453. The van der Waals surface area contributed by atoms with Crippen LogP contribution in [0.4, 0.5) is 5.69 Å². The number of amides is 1. The second-order valence-corrected chi connectivity index (χ2v) is 6.22. The zero-order valence-corrected chi connectivity index (χ0v) is 15.4. The Labute approximate surface area is 157 Å². The van der Waals surface area contributed by atoms with Gasteiger partial charge in [-0.15, -0.1) is 0 Å². The first-order chi connectivity index (χ1) is 13.0. The van der Waals surface area contributed by atoms with Gasteiger partial charge in [-0.1, -0.05) is 29.3 Å². The standard InChI is InChI=1S/C21H20N2O4/c1-13-4-7-15(8-5-13)22-20(24)12-27-19-11-18(21(25)26-3)23-17-9-6-14(2)10-16(17)19/h4-11H,12H2,1-3H3,(H,22,24). The fourth-order valence-corrected chi connectivity index (χ4v) is 2.61. The van der Waals surface area contributed by atoms with Gasteiger partial charge in [0.15, 0.2) is 12.3 Å². The van der Waals surface area contributed by atoms with Crippen molar-refractivity contribution >= 4 is 28.5 Å². The summed E-state index contributed by atoms with van der Waals surface area (Å²) in [5.41, 5.74) is 3.54. The number of nitrogens with one attached hydrogen (secondary N) is 1. The molecule has 2 aromatic carbocycles. The van der Waals surface area contributed by atoms with Crippen LogP contribution < -0.4 is 10.1 Å². The first-order valence-electron chi connectivity index (χ1n) is 8.45. The lowest BCUT2D eigenvalue weighted by molar-refractivity contribution is -0.118. The van der Waals surface area contributed by atoms with E-state index in [1.165, 1.54) is 13.2 Å². The molecule has 0 atom stereocenters. The van der Waals surface area contributed by atoms with Gasteiger partial charge in [-0.2, -0.15) is 0 Å². The van der Waals surface area contributed by atoms with Gasteiger partial charge < -0.3 is 14.8 Å². The number of fused-ring (bicyclic) bond motifs is 1. The van der Waals surface area contributed by atoms with Gasteiger partial charge in [0.1, 0.15) is 5.75 Å². The molecule has 6 heteroatoms. The van der Waals surface area contributed by atoms with Crippen LogP contribution in [0.2, 0.25) is 0 Å². The molecule has 0 saturated carbocycles. The third-order valence-corrected chi connectivity index (χ3v) is 4.01. The minimum Gasteiger partial charge on any atom is -0.483 e. The molecule has 0 radical (unpaired) electrons. The zero-order valence-electron chi connectivity index (χ0n) is 15.4. The van der Waals surface area contributed by atoms with Crippen LogP contribution in [0, 0.1) is 13.8 Å². The number of esters is 1. The number of anilines is 1. The van der Waals surface area contributed by atoms with Crippen LogP contribution in [-0.2, 0) is 9.53 Å². The Kier molecular flexibility index (Phi) is 5.35. The average Bonchev–Trinajstić information content (AvgIpc) is 2.67. The minimum absolute atomic E-state index is 0.128. The van der Waals surface area contributed by atoms with Crippen LogP contribution in [0.25, 0.3) is 10.9 Å². The monoisotopic (exact) mass is 364 g/mol. The summed E-state index contributed by atoms with van der Waals surface area (Å²) in [6.45, 7) is 3.73. The highest BCUT2D eigenvalue weighted by Crippen LogP contribution is 2.27. The predicted molar refractivity (Wildman–Crippen MR) is 103 cm³/mol. The van der Waals surface area contributed by atoms with Crippen LogP contribution in [0.5, 0.6) is 5.75 Å². The number of aryl methyl sites for hydroxylation is 2. The van der Waals surface area contributed by atoms with Crippen molar-refractivity contribution in [3.63, 3.8) is 0 Å². The van der Waals surface area contributed by atoms with Crippen molar-refractivity contribution in [1.29, 1.82) is 0 Å². The maximum Gasteiger partial charge on any atom is 0.356 e. The number of hydrogen-bond acceptors (Lipinski definition) is 5. The lowest BCUT2D eigenvalue weighted by atomic mass is 10.1. The fourth-order valence-electron chi connectivity index (χ4n) is 2.61. The molecule has 0 fully saturated rings. The number of pyridine rings is 1. The van der Waals surface area contributed by atoms with E-state index < -0.39 is 5.97 Å². The molecule has 0 unspecified atom stereocenters. The number of carbonyl (C=O) groups excluding carboxylic acids is 2. The van der Waals surface area contributed by atoms with Crippen LogP contribution in [0.1, 0.15) is 21.6 Å². The Hall–Kier alpha value is -3.41. The SMILES string of the molecule is COC(=O)c1cc(OCC(=O)Nc2ccc(C)cc2)c2cc(C)ccc2n1. The Morgan fingerprint density at radius 2 is 1.70 bits per heavy atom. The first-order valence-corrected chi connectivity index (χ1v) is 8.45. The normalized spacial score (nSPS) is 10.5. The average molecular weight is 364 g/mol. The van der Waals surface area contributed by atoms with Crippen LogP contribution in [0.15, 0.2) is 48.5 Å². The predicted octanol–water partition coefficient (Wildman–Crippen LogP) is 3.66. The first kappa shape index (κ1) is 18.4. The maximum atomic E-state index is 12.2. The van der Waals surface area contributed by atoms with E-state index in [4.69, 9.17) is 9.47 Å². The topological polar surface area (TPSA) is 77.5 Å². The number of benzene rings is 2. The van der Waals surface area contributed by atoms with Crippen molar-refractivity contribution in [2.75, 3.05) is 19.0 Å². The zero-order chi connectivity index (χ0) is 19.4. The molecule has 0 aliphatic rings. The van der Waals surface area contributed by atoms with Crippen molar-refractivity contribution in [2.45, 2.75) is 13.8 Å². The minimum atomic E-state index is -0.563. The van der Waals surface area contributed by atoms with Gasteiger partial charge >= 0.3 is 5.97 Å². The highest BCUT2D eigenvalue weighted by atomic mass is 16.5. The fraction of sp³-hybridized carbons (Fsp3) is 0.190. The van der Waals surface area contributed by atoms with Crippen LogP contribution >= 0.6 is 0 Å². The van der Waals surface area contributed by atoms with E-state index in [2.05, 4.69) is 10.3 Å². The van der Waals surface area contributed by atoms with Gasteiger partial charge in [-0.05, 0) is 38.1 Å².